The molecule has 5 heteroatoms. The second-order valence-corrected chi connectivity index (χ2v) is 4.97. The van der Waals surface area contributed by atoms with E-state index in [-0.39, 0.29) is 11.7 Å². The standard InChI is InChI=1S/C13H14ClF3O/c14-12-7-6-10(18-13(15,16)17)8-11(12)9-4-2-1-3-5-9/h6-9H,1-5H2. The number of rotatable bonds is 2. The molecule has 1 aromatic rings. The maximum absolute atomic E-state index is 12.2. The number of benzene rings is 1. The van der Waals surface area contributed by atoms with Gasteiger partial charge in [-0.05, 0) is 42.5 Å². The van der Waals surface area contributed by atoms with Crippen LogP contribution in [-0.4, -0.2) is 6.36 Å². The van der Waals surface area contributed by atoms with E-state index in [0.717, 1.165) is 31.2 Å². The maximum atomic E-state index is 12.2. The van der Waals surface area contributed by atoms with Gasteiger partial charge in [0.2, 0.25) is 0 Å². The summed E-state index contributed by atoms with van der Waals surface area (Å²) in [5.74, 6) is 0.0653. The quantitative estimate of drug-likeness (QED) is 0.714. The van der Waals surface area contributed by atoms with Gasteiger partial charge in [0.15, 0.2) is 0 Å². The third-order valence-electron chi connectivity index (χ3n) is 3.25. The Bertz CT molecular complexity index is 411. The Hall–Kier alpha value is -0.900. The molecule has 0 amide bonds. The average Bonchev–Trinajstić information content (AvgIpc) is 2.31. The molecule has 100 valence electrons. The summed E-state index contributed by atoms with van der Waals surface area (Å²) in [6.07, 6.45) is 0.700. The van der Waals surface area contributed by atoms with Crippen LogP contribution in [-0.2, 0) is 0 Å². The maximum Gasteiger partial charge on any atom is 0.573 e. The molecule has 0 atom stereocenters. The number of alkyl halides is 3. The lowest BCUT2D eigenvalue weighted by Crippen LogP contribution is -2.17. The second kappa shape index (κ2) is 5.39. The van der Waals surface area contributed by atoms with E-state index < -0.39 is 6.36 Å². The van der Waals surface area contributed by atoms with Crippen LogP contribution in [0.2, 0.25) is 5.02 Å². The molecule has 1 aliphatic carbocycles. The summed E-state index contributed by atoms with van der Waals surface area (Å²) in [7, 11) is 0. The van der Waals surface area contributed by atoms with Crippen molar-refractivity contribution in [3.8, 4) is 5.75 Å². The highest BCUT2D eigenvalue weighted by molar-refractivity contribution is 6.31. The summed E-state index contributed by atoms with van der Waals surface area (Å²) in [5, 5.41) is 0.524. The molecule has 1 aromatic carbocycles. The van der Waals surface area contributed by atoms with Gasteiger partial charge in [0.05, 0.1) is 0 Å². The van der Waals surface area contributed by atoms with Crippen LogP contribution in [0.5, 0.6) is 5.75 Å². The molecule has 1 aliphatic rings. The Labute approximate surface area is 109 Å². The normalized spacial score (nSPS) is 17.8. The smallest absolute Gasteiger partial charge is 0.406 e. The van der Waals surface area contributed by atoms with Gasteiger partial charge >= 0.3 is 6.36 Å². The predicted octanol–water partition coefficient (Wildman–Crippen LogP) is 5.29. The Morgan fingerprint density at radius 1 is 1.11 bits per heavy atom. The lowest BCUT2D eigenvalue weighted by molar-refractivity contribution is -0.274. The van der Waals surface area contributed by atoms with E-state index in [1.807, 2.05) is 0 Å². The summed E-state index contributed by atoms with van der Waals surface area (Å²) < 4.78 is 40.4. The van der Waals surface area contributed by atoms with E-state index in [0.29, 0.717) is 5.02 Å². The van der Waals surface area contributed by atoms with E-state index in [4.69, 9.17) is 11.6 Å². The number of halogens is 4. The van der Waals surface area contributed by atoms with Gasteiger partial charge in [-0.1, -0.05) is 30.9 Å². The monoisotopic (exact) mass is 278 g/mol. The van der Waals surface area contributed by atoms with E-state index >= 15 is 0 Å². The molecule has 2 rings (SSSR count). The summed E-state index contributed by atoms with van der Waals surface area (Å²) >= 11 is 6.06. The minimum Gasteiger partial charge on any atom is -0.406 e. The molecule has 0 radical (unpaired) electrons. The van der Waals surface area contributed by atoms with Crippen molar-refractivity contribution in [3.63, 3.8) is 0 Å². The molecular weight excluding hydrogens is 265 g/mol. The fourth-order valence-corrected chi connectivity index (χ4v) is 2.72. The zero-order valence-electron chi connectivity index (χ0n) is 9.77. The summed E-state index contributed by atoms with van der Waals surface area (Å²) in [6.45, 7) is 0. The molecular formula is C13H14ClF3O. The first-order valence-corrected chi connectivity index (χ1v) is 6.39. The van der Waals surface area contributed by atoms with Crippen molar-refractivity contribution in [2.45, 2.75) is 44.4 Å². The second-order valence-electron chi connectivity index (χ2n) is 4.57. The van der Waals surface area contributed by atoms with Crippen LogP contribution in [0.3, 0.4) is 0 Å². The zero-order valence-corrected chi connectivity index (χ0v) is 10.5. The van der Waals surface area contributed by atoms with Crippen molar-refractivity contribution in [2.24, 2.45) is 0 Å². The van der Waals surface area contributed by atoms with Gasteiger partial charge in [-0.15, -0.1) is 13.2 Å². The fourth-order valence-electron chi connectivity index (χ4n) is 2.45. The van der Waals surface area contributed by atoms with Gasteiger partial charge in [0.25, 0.3) is 0 Å². The first kappa shape index (κ1) is 13.5. The minimum absolute atomic E-state index is 0.188. The van der Waals surface area contributed by atoms with Crippen molar-refractivity contribution in [3.05, 3.63) is 28.8 Å². The van der Waals surface area contributed by atoms with E-state index in [9.17, 15) is 13.2 Å². The molecule has 0 spiro atoms. The molecule has 18 heavy (non-hydrogen) atoms. The van der Waals surface area contributed by atoms with Crippen molar-refractivity contribution >= 4 is 11.6 Å². The van der Waals surface area contributed by atoms with Gasteiger partial charge in [-0.2, -0.15) is 0 Å². The van der Waals surface area contributed by atoms with E-state index in [1.165, 1.54) is 24.6 Å². The molecule has 1 nitrogen and oxygen atoms in total. The lowest BCUT2D eigenvalue weighted by Gasteiger charge is -2.23. The number of ether oxygens (including phenoxy) is 1. The Kier molecular flexibility index (Phi) is 4.05. The van der Waals surface area contributed by atoms with E-state index in [1.54, 1.807) is 0 Å². The molecule has 0 aliphatic heterocycles. The van der Waals surface area contributed by atoms with Crippen LogP contribution >= 0.6 is 11.6 Å². The molecule has 0 heterocycles. The van der Waals surface area contributed by atoms with Crippen molar-refractivity contribution in [2.75, 3.05) is 0 Å². The van der Waals surface area contributed by atoms with Crippen LogP contribution in [0, 0.1) is 0 Å². The molecule has 0 saturated heterocycles. The summed E-state index contributed by atoms with van der Waals surface area (Å²) in [5.41, 5.74) is 0.776. The first-order valence-electron chi connectivity index (χ1n) is 6.01. The van der Waals surface area contributed by atoms with Gasteiger partial charge < -0.3 is 4.74 Å². The van der Waals surface area contributed by atoms with Crippen LogP contribution in [0.15, 0.2) is 18.2 Å². The van der Waals surface area contributed by atoms with Crippen molar-refractivity contribution in [1.29, 1.82) is 0 Å². The molecule has 0 unspecified atom stereocenters. The fraction of sp³-hybridized carbons (Fsp3) is 0.538. The van der Waals surface area contributed by atoms with Gasteiger partial charge in [-0.3, -0.25) is 0 Å². The highest BCUT2D eigenvalue weighted by atomic mass is 35.5. The predicted molar refractivity (Wildman–Crippen MR) is 64.0 cm³/mol. The van der Waals surface area contributed by atoms with Gasteiger partial charge in [-0.25, -0.2) is 0 Å². The van der Waals surface area contributed by atoms with Crippen molar-refractivity contribution < 1.29 is 17.9 Å². The molecule has 1 saturated carbocycles. The molecule has 0 aromatic heterocycles. The van der Waals surface area contributed by atoms with E-state index in [2.05, 4.69) is 4.74 Å². The lowest BCUT2D eigenvalue weighted by atomic mass is 9.84. The number of hydrogen-bond donors (Lipinski definition) is 0. The Balaban J connectivity index is 2.20. The van der Waals surface area contributed by atoms with Crippen LogP contribution < -0.4 is 4.74 Å². The Morgan fingerprint density at radius 3 is 2.39 bits per heavy atom. The highest BCUT2D eigenvalue weighted by Crippen LogP contribution is 2.38. The third-order valence-corrected chi connectivity index (χ3v) is 3.59. The number of hydrogen-bond acceptors (Lipinski definition) is 1. The first-order chi connectivity index (χ1) is 8.46. The highest BCUT2D eigenvalue weighted by Gasteiger charge is 2.31. The zero-order chi connectivity index (χ0) is 13.2. The van der Waals surface area contributed by atoms with Gasteiger partial charge in [0.1, 0.15) is 5.75 Å². The summed E-state index contributed by atoms with van der Waals surface area (Å²) in [6, 6.07) is 4.15. The minimum atomic E-state index is -4.66. The average molecular weight is 279 g/mol. The van der Waals surface area contributed by atoms with Gasteiger partial charge in [0, 0.05) is 5.02 Å². The summed E-state index contributed by atoms with van der Waals surface area (Å²) in [4.78, 5) is 0. The topological polar surface area (TPSA) is 9.23 Å². The third kappa shape index (κ3) is 3.55. The Morgan fingerprint density at radius 2 is 1.78 bits per heavy atom. The van der Waals surface area contributed by atoms with Crippen LogP contribution in [0.4, 0.5) is 13.2 Å². The SMILES string of the molecule is FC(F)(F)Oc1ccc(Cl)c(C2CCCCC2)c1. The van der Waals surface area contributed by atoms with Crippen molar-refractivity contribution in [1.82, 2.24) is 0 Å². The molecule has 0 N–H and O–H groups in total. The molecule has 1 fully saturated rings. The largest absolute Gasteiger partial charge is 0.573 e. The van der Waals surface area contributed by atoms with Crippen LogP contribution in [0.25, 0.3) is 0 Å². The van der Waals surface area contributed by atoms with Crippen LogP contribution in [0.1, 0.15) is 43.6 Å². The molecule has 0 bridgehead atoms.